The Kier molecular flexibility index (Phi) is 5.16. The summed E-state index contributed by atoms with van der Waals surface area (Å²) in [5.74, 6) is 0.636. The van der Waals surface area contributed by atoms with Gasteiger partial charge >= 0.3 is 0 Å². The van der Waals surface area contributed by atoms with Crippen LogP contribution < -0.4 is 5.32 Å². The lowest BCUT2D eigenvalue weighted by Gasteiger charge is -2.15. The van der Waals surface area contributed by atoms with E-state index in [1.165, 1.54) is 4.80 Å². The minimum Gasteiger partial charge on any atom is -0.396 e. The van der Waals surface area contributed by atoms with Crippen molar-refractivity contribution >= 4 is 0 Å². The van der Waals surface area contributed by atoms with Crippen molar-refractivity contribution < 1.29 is 9.84 Å². The maximum Gasteiger partial charge on any atom is 0.188 e. The third-order valence-corrected chi connectivity index (χ3v) is 1.94. The maximum atomic E-state index is 8.82. The van der Waals surface area contributed by atoms with Crippen LogP contribution in [0.15, 0.2) is 0 Å². The molecule has 0 saturated heterocycles. The van der Waals surface area contributed by atoms with E-state index in [4.69, 9.17) is 9.84 Å². The zero-order valence-corrected chi connectivity index (χ0v) is 9.05. The first-order valence-corrected chi connectivity index (χ1v) is 4.82. The number of hydrogen-bond donors (Lipinski definition) is 2. The van der Waals surface area contributed by atoms with Crippen LogP contribution in [0.4, 0.5) is 0 Å². The van der Waals surface area contributed by atoms with Crippen LogP contribution in [0.25, 0.3) is 0 Å². The Morgan fingerprint density at radius 1 is 1.60 bits per heavy atom. The van der Waals surface area contributed by atoms with Gasteiger partial charge in [-0.2, -0.15) is 4.80 Å². The zero-order chi connectivity index (χ0) is 11.1. The molecule has 7 heteroatoms. The lowest BCUT2D eigenvalue weighted by molar-refractivity contribution is 0.147. The van der Waals surface area contributed by atoms with E-state index in [2.05, 4.69) is 20.7 Å². The molecule has 0 radical (unpaired) electrons. The molecule has 1 heterocycles. The zero-order valence-electron chi connectivity index (χ0n) is 9.05. The van der Waals surface area contributed by atoms with Gasteiger partial charge in [-0.15, -0.1) is 10.2 Å². The van der Waals surface area contributed by atoms with Gasteiger partial charge in [0.05, 0.1) is 20.2 Å². The highest BCUT2D eigenvalue weighted by Gasteiger charge is 2.08. The number of aliphatic hydroxyl groups is 1. The van der Waals surface area contributed by atoms with Crippen LogP contribution in [-0.4, -0.2) is 51.7 Å². The number of ether oxygens (including phenoxy) is 1. The molecule has 2 N–H and O–H groups in total. The van der Waals surface area contributed by atoms with Crippen molar-refractivity contribution in [2.75, 3.05) is 20.3 Å². The number of aliphatic hydroxyl groups excluding tert-OH is 1. The molecule has 1 unspecified atom stereocenters. The van der Waals surface area contributed by atoms with Crippen LogP contribution in [0, 0.1) is 0 Å². The summed E-state index contributed by atoms with van der Waals surface area (Å²) in [6.07, 6.45) is 0.647. The number of aryl methyl sites for hydroxylation is 1. The van der Waals surface area contributed by atoms with Gasteiger partial charge in [0.1, 0.15) is 0 Å². The van der Waals surface area contributed by atoms with Crippen molar-refractivity contribution in [1.29, 1.82) is 0 Å². The van der Waals surface area contributed by atoms with Gasteiger partial charge in [0.2, 0.25) is 0 Å². The molecule has 1 aromatic rings. The molecule has 0 aliphatic rings. The summed E-state index contributed by atoms with van der Waals surface area (Å²) in [7, 11) is 3.35. The first-order valence-electron chi connectivity index (χ1n) is 4.82. The summed E-state index contributed by atoms with van der Waals surface area (Å²) >= 11 is 0. The number of rotatable bonds is 7. The van der Waals surface area contributed by atoms with Crippen molar-refractivity contribution in [3.8, 4) is 0 Å². The molecule has 0 aliphatic heterocycles. The van der Waals surface area contributed by atoms with E-state index < -0.39 is 0 Å². The van der Waals surface area contributed by atoms with Crippen LogP contribution in [-0.2, 0) is 18.3 Å². The summed E-state index contributed by atoms with van der Waals surface area (Å²) in [5.41, 5.74) is 0. The second-order valence-corrected chi connectivity index (χ2v) is 3.24. The molecule has 7 nitrogen and oxygen atoms in total. The lowest BCUT2D eigenvalue weighted by atomic mass is 10.2. The van der Waals surface area contributed by atoms with Gasteiger partial charge in [-0.25, -0.2) is 0 Å². The number of aromatic nitrogens is 4. The van der Waals surface area contributed by atoms with Gasteiger partial charge < -0.3 is 15.2 Å². The topological polar surface area (TPSA) is 85.1 Å². The van der Waals surface area contributed by atoms with Crippen molar-refractivity contribution in [3.05, 3.63) is 5.82 Å². The summed E-state index contributed by atoms with van der Waals surface area (Å²) in [5, 5.41) is 23.6. The molecule has 0 aromatic carbocycles. The molecule has 0 spiro atoms. The van der Waals surface area contributed by atoms with E-state index in [0.29, 0.717) is 25.4 Å². The second kappa shape index (κ2) is 6.44. The molecule has 0 bridgehead atoms. The number of methoxy groups -OCH3 is 1. The van der Waals surface area contributed by atoms with Crippen LogP contribution >= 0.6 is 0 Å². The first kappa shape index (κ1) is 12.0. The van der Waals surface area contributed by atoms with Gasteiger partial charge in [0, 0.05) is 19.8 Å². The van der Waals surface area contributed by atoms with E-state index in [-0.39, 0.29) is 12.6 Å². The number of nitrogens with one attached hydrogen (secondary N) is 1. The van der Waals surface area contributed by atoms with Gasteiger partial charge in [-0.1, -0.05) is 0 Å². The largest absolute Gasteiger partial charge is 0.396 e. The summed E-state index contributed by atoms with van der Waals surface area (Å²) in [6, 6.07) is 0.115. The molecule has 0 amide bonds. The highest BCUT2D eigenvalue weighted by Crippen LogP contribution is 1.94. The molecular weight excluding hydrogens is 198 g/mol. The molecular formula is C8H17N5O2. The average molecular weight is 215 g/mol. The molecule has 1 atom stereocenters. The number of hydrogen-bond acceptors (Lipinski definition) is 6. The Morgan fingerprint density at radius 3 is 2.93 bits per heavy atom. The third-order valence-electron chi connectivity index (χ3n) is 1.94. The van der Waals surface area contributed by atoms with E-state index in [0.717, 1.165) is 0 Å². The van der Waals surface area contributed by atoms with Crippen molar-refractivity contribution in [2.24, 2.45) is 7.05 Å². The summed E-state index contributed by atoms with van der Waals surface area (Å²) in [6.45, 7) is 1.22. The minimum absolute atomic E-state index is 0.115. The highest BCUT2D eigenvalue weighted by molar-refractivity contribution is 4.77. The summed E-state index contributed by atoms with van der Waals surface area (Å²) < 4.78 is 5.01. The van der Waals surface area contributed by atoms with E-state index in [1.807, 2.05) is 0 Å². The monoisotopic (exact) mass is 215 g/mol. The first-order chi connectivity index (χ1) is 7.26. The Balaban J connectivity index is 2.32. The standard InChI is InChI=1S/C8H17N5O2/c1-13-11-8(10-12-13)5-9-7(3-4-14)6-15-2/h7,9,14H,3-6H2,1-2H3. The summed E-state index contributed by atoms with van der Waals surface area (Å²) in [4.78, 5) is 1.41. The molecule has 0 saturated carbocycles. The molecule has 1 rings (SSSR count). The normalized spacial score (nSPS) is 13.0. The number of nitrogens with zero attached hydrogens (tertiary/aromatic N) is 4. The Bertz CT molecular complexity index is 272. The molecule has 0 fully saturated rings. The van der Waals surface area contributed by atoms with Gasteiger partial charge in [0.15, 0.2) is 5.82 Å². The Morgan fingerprint density at radius 2 is 2.40 bits per heavy atom. The lowest BCUT2D eigenvalue weighted by Crippen LogP contribution is -2.34. The van der Waals surface area contributed by atoms with Gasteiger partial charge in [-0.3, -0.25) is 0 Å². The fourth-order valence-corrected chi connectivity index (χ4v) is 1.23. The van der Waals surface area contributed by atoms with Crippen molar-refractivity contribution in [1.82, 2.24) is 25.5 Å². The van der Waals surface area contributed by atoms with Crippen LogP contribution in [0.3, 0.4) is 0 Å². The van der Waals surface area contributed by atoms with Crippen LogP contribution in [0.2, 0.25) is 0 Å². The van der Waals surface area contributed by atoms with Gasteiger partial charge in [0.25, 0.3) is 0 Å². The Hall–Kier alpha value is -1.05. The predicted octanol–water partition coefficient (Wildman–Crippen LogP) is -1.30. The second-order valence-electron chi connectivity index (χ2n) is 3.24. The van der Waals surface area contributed by atoms with E-state index in [1.54, 1.807) is 14.2 Å². The molecule has 15 heavy (non-hydrogen) atoms. The smallest absolute Gasteiger partial charge is 0.188 e. The predicted molar refractivity (Wildman–Crippen MR) is 53.0 cm³/mol. The molecule has 0 aliphatic carbocycles. The minimum atomic E-state index is 0.115. The third kappa shape index (κ3) is 4.32. The number of tetrazole rings is 1. The van der Waals surface area contributed by atoms with Crippen LogP contribution in [0.5, 0.6) is 0 Å². The fourth-order valence-electron chi connectivity index (χ4n) is 1.23. The SMILES string of the molecule is COCC(CCO)NCc1nnn(C)n1. The fraction of sp³-hybridized carbons (Fsp3) is 0.875. The Labute approximate surface area is 88.4 Å². The average Bonchev–Trinajstić information content (AvgIpc) is 2.61. The van der Waals surface area contributed by atoms with Crippen molar-refractivity contribution in [2.45, 2.75) is 19.0 Å². The maximum absolute atomic E-state index is 8.82. The van der Waals surface area contributed by atoms with E-state index in [9.17, 15) is 0 Å². The molecule has 1 aromatic heterocycles. The van der Waals surface area contributed by atoms with Crippen molar-refractivity contribution in [3.63, 3.8) is 0 Å². The molecule has 86 valence electrons. The quantitative estimate of drug-likeness (QED) is 0.588. The van der Waals surface area contributed by atoms with E-state index >= 15 is 0 Å². The highest BCUT2D eigenvalue weighted by atomic mass is 16.5. The van der Waals surface area contributed by atoms with Crippen LogP contribution in [0.1, 0.15) is 12.2 Å². The van der Waals surface area contributed by atoms with Gasteiger partial charge in [-0.05, 0) is 11.6 Å².